The fraction of sp³-hybridized carbons (Fsp3) is 0.375. The van der Waals surface area contributed by atoms with E-state index in [1.165, 1.54) is 5.56 Å². The second kappa shape index (κ2) is 9.64. The molecule has 0 aliphatic carbocycles. The molecule has 0 atom stereocenters. The SMILES string of the molecule is CCOC(=O)C(C)(C)Oc1ccc(OCc2nc(-c3ccc(C(C)C)cc3)no2)cc1. The first-order valence-corrected chi connectivity index (χ1v) is 10.3. The van der Waals surface area contributed by atoms with Crippen LogP contribution in [-0.2, 0) is 16.1 Å². The number of benzene rings is 2. The van der Waals surface area contributed by atoms with Gasteiger partial charge in [0.2, 0.25) is 5.82 Å². The minimum atomic E-state index is -1.08. The quantitative estimate of drug-likeness (QED) is 0.439. The third-order valence-electron chi connectivity index (χ3n) is 4.63. The Hall–Kier alpha value is -3.35. The Bertz CT molecular complexity index is 992. The molecule has 0 spiro atoms. The number of carbonyl (C=O) groups is 1. The van der Waals surface area contributed by atoms with Crippen LogP contribution in [0.25, 0.3) is 11.4 Å². The van der Waals surface area contributed by atoms with Crippen LogP contribution in [0.15, 0.2) is 53.1 Å². The predicted molar refractivity (Wildman–Crippen MR) is 116 cm³/mol. The molecule has 0 amide bonds. The molecule has 0 N–H and O–H groups in total. The van der Waals surface area contributed by atoms with Crippen LogP contribution in [0.3, 0.4) is 0 Å². The van der Waals surface area contributed by atoms with E-state index in [9.17, 15) is 4.79 Å². The van der Waals surface area contributed by atoms with E-state index in [1.807, 2.05) is 12.1 Å². The molecule has 2 aromatic carbocycles. The molecule has 3 aromatic rings. The summed E-state index contributed by atoms with van der Waals surface area (Å²) in [5, 5.41) is 4.03. The van der Waals surface area contributed by atoms with Crippen molar-refractivity contribution in [1.29, 1.82) is 0 Å². The first kappa shape index (κ1) is 22.3. The maximum Gasteiger partial charge on any atom is 0.349 e. The summed E-state index contributed by atoms with van der Waals surface area (Å²) in [7, 11) is 0. The minimum absolute atomic E-state index is 0.144. The lowest BCUT2D eigenvalue weighted by Crippen LogP contribution is -2.39. The summed E-state index contributed by atoms with van der Waals surface area (Å²) in [6, 6.07) is 15.1. The van der Waals surface area contributed by atoms with Gasteiger partial charge in [0, 0.05) is 5.56 Å². The van der Waals surface area contributed by atoms with Gasteiger partial charge in [0.1, 0.15) is 11.5 Å². The van der Waals surface area contributed by atoms with Crippen molar-refractivity contribution < 1.29 is 23.5 Å². The van der Waals surface area contributed by atoms with Crippen molar-refractivity contribution in [1.82, 2.24) is 10.1 Å². The van der Waals surface area contributed by atoms with Gasteiger partial charge in [-0.1, -0.05) is 43.3 Å². The van der Waals surface area contributed by atoms with Crippen molar-refractivity contribution in [3.63, 3.8) is 0 Å². The van der Waals surface area contributed by atoms with Crippen LogP contribution in [0.1, 0.15) is 52.0 Å². The Kier molecular flexibility index (Phi) is 6.95. The summed E-state index contributed by atoms with van der Waals surface area (Å²) in [5.41, 5.74) is 1.07. The normalized spacial score (nSPS) is 11.4. The van der Waals surface area contributed by atoms with Crippen LogP contribution in [0.4, 0.5) is 0 Å². The number of rotatable bonds is 9. The highest BCUT2D eigenvalue weighted by Crippen LogP contribution is 2.24. The van der Waals surface area contributed by atoms with Gasteiger partial charge in [-0.05, 0) is 56.5 Å². The molecule has 0 saturated carbocycles. The molecule has 3 rings (SSSR count). The van der Waals surface area contributed by atoms with Crippen molar-refractivity contribution >= 4 is 5.97 Å². The topological polar surface area (TPSA) is 83.7 Å². The van der Waals surface area contributed by atoms with Gasteiger partial charge in [0.05, 0.1) is 6.61 Å². The lowest BCUT2D eigenvalue weighted by atomic mass is 10.0. The van der Waals surface area contributed by atoms with E-state index in [0.29, 0.717) is 35.7 Å². The third kappa shape index (κ3) is 5.84. The van der Waals surface area contributed by atoms with E-state index in [1.54, 1.807) is 45.0 Å². The molecule has 0 saturated heterocycles. The number of nitrogens with zero attached hydrogens (tertiary/aromatic N) is 2. The minimum Gasteiger partial charge on any atom is -0.484 e. The second-order valence-electron chi connectivity index (χ2n) is 7.88. The molecule has 0 fully saturated rings. The van der Waals surface area contributed by atoms with Gasteiger partial charge in [-0.25, -0.2) is 4.79 Å². The maximum absolute atomic E-state index is 12.0. The maximum atomic E-state index is 12.0. The molecule has 0 aliphatic rings. The van der Waals surface area contributed by atoms with Gasteiger partial charge in [-0.2, -0.15) is 4.98 Å². The van der Waals surface area contributed by atoms with Gasteiger partial charge in [-0.15, -0.1) is 0 Å². The van der Waals surface area contributed by atoms with Crippen LogP contribution in [-0.4, -0.2) is 28.3 Å². The highest BCUT2D eigenvalue weighted by atomic mass is 16.6. The van der Waals surface area contributed by atoms with Crippen LogP contribution in [0.2, 0.25) is 0 Å². The number of ether oxygens (including phenoxy) is 3. The van der Waals surface area contributed by atoms with Gasteiger partial charge in [-0.3, -0.25) is 0 Å². The van der Waals surface area contributed by atoms with Crippen molar-refractivity contribution in [3.8, 4) is 22.9 Å². The molecule has 31 heavy (non-hydrogen) atoms. The average Bonchev–Trinajstić information content (AvgIpc) is 3.22. The molecular formula is C24H28N2O5. The largest absolute Gasteiger partial charge is 0.484 e. The Balaban J connectivity index is 1.56. The zero-order valence-electron chi connectivity index (χ0n) is 18.5. The first-order valence-electron chi connectivity index (χ1n) is 10.3. The molecule has 0 radical (unpaired) electrons. The zero-order chi connectivity index (χ0) is 22.4. The Labute approximate surface area is 182 Å². The molecule has 7 nitrogen and oxygen atoms in total. The fourth-order valence-electron chi connectivity index (χ4n) is 2.84. The molecule has 0 aliphatic heterocycles. The number of hydrogen-bond acceptors (Lipinski definition) is 7. The lowest BCUT2D eigenvalue weighted by molar-refractivity contribution is -0.158. The average molecular weight is 424 g/mol. The van der Waals surface area contributed by atoms with E-state index in [4.69, 9.17) is 18.7 Å². The lowest BCUT2D eigenvalue weighted by Gasteiger charge is -2.24. The monoisotopic (exact) mass is 424 g/mol. The number of hydrogen-bond donors (Lipinski definition) is 0. The summed E-state index contributed by atoms with van der Waals surface area (Å²) in [6.45, 7) is 9.84. The van der Waals surface area contributed by atoms with Crippen LogP contribution >= 0.6 is 0 Å². The molecule has 0 unspecified atom stereocenters. The number of aromatic nitrogens is 2. The summed E-state index contributed by atoms with van der Waals surface area (Å²) in [6.07, 6.45) is 0. The first-order chi connectivity index (χ1) is 14.8. The van der Waals surface area contributed by atoms with Gasteiger partial charge in [0.15, 0.2) is 12.2 Å². The van der Waals surface area contributed by atoms with Gasteiger partial charge < -0.3 is 18.7 Å². The fourth-order valence-corrected chi connectivity index (χ4v) is 2.84. The van der Waals surface area contributed by atoms with E-state index >= 15 is 0 Å². The van der Waals surface area contributed by atoms with Crippen LogP contribution < -0.4 is 9.47 Å². The molecule has 7 heteroatoms. The molecule has 164 valence electrons. The van der Waals surface area contributed by atoms with Crippen molar-refractivity contribution in [2.75, 3.05) is 6.61 Å². The summed E-state index contributed by atoms with van der Waals surface area (Å²) in [4.78, 5) is 16.3. The van der Waals surface area contributed by atoms with E-state index in [2.05, 4.69) is 36.1 Å². The standard InChI is InChI=1S/C24H28N2O5/c1-6-28-23(27)24(4,5)30-20-13-11-19(12-14-20)29-15-21-25-22(26-31-21)18-9-7-17(8-10-18)16(2)3/h7-14,16H,6,15H2,1-5H3. The molecule has 1 heterocycles. The van der Waals surface area contributed by atoms with Crippen molar-refractivity contribution in [2.24, 2.45) is 0 Å². The van der Waals surface area contributed by atoms with Gasteiger partial charge in [0.25, 0.3) is 5.89 Å². The highest BCUT2D eigenvalue weighted by molar-refractivity contribution is 5.79. The third-order valence-corrected chi connectivity index (χ3v) is 4.63. The Morgan fingerprint density at radius 2 is 1.68 bits per heavy atom. The zero-order valence-corrected chi connectivity index (χ0v) is 18.5. The summed E-state index contributed by atoms with van der Waals surface area (Å²) < 4.78 is 21.8. The summed E-state index contributed by atoms with van der Waals surface area (Å²) in [5.74, 6) is 2.11. The highest BCUT2D eigenvalue weighted by Gasteiger charge is 2.31. The molecular weight excluding hydrogens is 396 g/mol. The molecule has 0 bridgehead atoms. The van der Waals surface area contributed by atoms with E-state index in [-0.39, 0.29) is 6.61 Å². The smallest absolute Gasteiger partial charge is 0.349 e. The van der Waals surface area contributed by atoms with E-state index in [0.717, 1.165) is 5.56 Å². The van der Waals surface area contributed by atoms with Crippen LogP contribution in [0.5, 0.6) is 11.5 Å². The molecule has 1 aromatic heterocycles. The Morgan fingerprint density at radius 3 is 2.29 bits per heavy atom. The van der Waals surface area contributed by atoms with E-state index < -0.39 is 11.6 Å². The second-order valence-corrected chi connectivity index (χ2v) is 7.88. The number of carbonyl (C=O) groups excluding carboxylic acids is 1. The van der Waals surface area contributed by atoms with Gasteiger partial charge >= 0.3 is 5.97 Å². The summed E-state index contributed by atoms with van der Waals surface area (Å²) >= 11 is 0. The van der Waals surface area contributed by atoms with Crippen molar-refractivity contribution in [3.05, 3.63) is 60.0 Å². The van der Waals surface area contributed by atoms with Crippen molar-refractivity contribution in [2.45, 2.75) is 52.7 Å². The Morgan fingerprint density at radius 1 is 1.03 bits per heavy atom. The number of esters is 1. The predicted octanol–water partition coefficient (Wildman–Crippen LogP) is 5.16. The van der Waals surface area contributed by atoms with Crippen LogP contribution in [0, 0.1) is 0 Å².